The van der Waals surface area contributed by atoms with Crippen molar-refractivity contribution in [3.05, 3.63) is 24.8 Å². The second-order valence-corrected chi connectivity index (χ2v) is 18.6. The van der Waals surface area contributed by atoms with Gasteiger partial charge in [-0.15, -0.1) is 0 Å². The standard InChI is InChI=1S/C29H48N7O17P3S/c1-17(2)7-5-6-8-20(38)57-12-11-31-19(37)9-10-32-27(41)24(40)29(3,4)14-50-56(47,48)53-55(45,46)49-13-18-23(52-54(42,43)44)22(39)28(51-18)36-16-35-21-25(30)33-15-34-26(21)36/h5,7,15-18,22-24,28,39-40H,6,8-14H2,1-4H3,(H,31,37)(H,32,41)(H,45,46)(H,47,48)(H2,30,33,34)(H2,42,43,44)/p-4/b7-5+/t18-,22-,23-,24+,28-/m1/s1. The molecule has 322 valence electrons. The molecule has 2 aromatic rings. The third-order valence-corrected chi connectivity index (χ3v) is 11.7. The minimum absolute atomic E-state index is 0.0155. The first-order valence-corrected chi connectivity index (χ1v) is 22.4. The largest absolute Gasteiger partial charge is 0.790 e. The Hall–Kier alpha value is -2.70. The maximum atomic E-state index is 12.5. The third-order valence-electron chi connectivity index (χ3n) is 7.78. The lowest BCUT2D eigenvalue weighted by molar-refractivity contribution is -0.347. The number of aromatic nitrogens is 4. The number of imidazole rings is 1. The maximum Gasteiger partial charge on any atom is 0.274 e. The second-order valence-electron chi connectivity index (χ2n) is 13.4. The fourth-order valence-corrected chi connectivity index (χ4v) is 8.34. The summed E-state index contributed by atoms with van der Waals surface area (Å²) in [6.45, 7) is 4.17. The van der Waals surface area contributed by atoms with Crippen molar-refractivity contribution in [2.45, 2.75) is 77.6 Å². The molecule has 0 spiro atoms. The number of thioether (sulfide) groups is 1. The first kappa shape index (κ1) is 48.7. The van der Waals surface area contributed by atoms with Crippen molar-refractivity contribution in [1.29, 1.82) is 0 Å². The number of phosphoric ester groups is 3. The molecule has 28 heteroatoms. The highest BCUT2D eigenvalue weighted by Gasteiger charge is 2.47. The van der Waals surface area contributed by atoms with E-state index in [4.69, 9.17) is 10.5 Å². The minimum atomic E-state index is -5.91. The molecule has 0 aliphatic carbocycles. The third kappa shape index (κ3) is 15.8. The van der Waals surface area contributed by atoms with E-state index in [1.165, 1.54) is 13.8 Å². The van der Waals surface area contributed by atoms with Crippen LogP contribution in [-0.2, 0) is 50.7 Å². The molecular weight excluding hydrogens is 843 g/mol. The fourth-order valence-electron chi connectivity index (χ4n) is 4.91. The average molecular weight is 888 g/mol. The van der Waals surface area contributed by atoms with E-state index in [0.717, 1.165) is 29.0 Å². The van der Waals surface area contributed by atoms with Gasteiger partial charge >= 0.3 is 0 Å². The van der Waals surface area contributed by atoms with E-state index in [1.54, 1.807) is 0 Å². The van der Waals surface area contributed by atoms with Crippen molar-refractivity contribution >= 4 is 69.1 Å². The van der Waals surface area contributed by atoms with E-state index in [9.17, 15) is 57.9 Å². The van der Waals surface area contributed by atoms with E-state index in [1.807, 2.05) is 26.0 Å². The molecule has 2 aromatic heterocycles. The number of allylic oxidation sites excluding steroid dienone is 2. The van der Waals surface area contributed by atoms with Gasteiger partial charge in [-0.3, -0.25) is 28.1 Å². The summed E-state index contributed by atoms with van der Waals surface area (Å²) in [5.41, 5.74) is 4.07. The summed E-state index contributed by atoms with van der Waals surface area (Å²) in [7, 11) is -17.6. The van der Waals surface area contributed by atoms with Gasteiger partial charge in [0.25, 0.3) is 15.6 Å². The molecule has 0 bridgehead atoms. The van der Waals surface area contributed by atoms with Gasteiger partial charge in [-0.05, 0) is 12.3 Å². The van der Waals surface area contributed by atoms with Gasteiger partial charge in [-0.2, -0.15) is 0 Å². The Kier molecular flexibility index (Phi) is 17.9. The van der Waals surface area contributed by atoms with Gasteiger partial charge in [0.15, 0.2) is 22.8 Å². The number of anilines is 1. The number of nitrogen functional groups attached to an aromatic ring is 1. The Balaban J connectivity index is 1.46. The first-order chi connectivity index (χ1) is 26.4. The van der Waals surface area contributed by atoms with Crippen LogP contribution in [0.2, 0.25) is 0 Å². The van der Waals surface area contributed by atoms with E-state index in [2.05, 4.69) is 43.5 Å². The number of hydrogen-bond donors (Lipinski definition) is 5. The zero-order valence-corrected chi connectivity index (χ0v) is 34.6. The number of nitrogens with zero attached hydrogens (tertiary/aromatic N) is 4. The van der Waals surface area contributed by atoms with Gasteiger partial charge in [0.05, 0.1) is 27.4 Å². The predicted octanol–water partition coefficient (Wildman–Crippen LogP) is -1.87. The number of phosphoric acid groups is 3. The summed E-state index contributed by atoms with van der Waals surface area (Å²) in [5.74, 6) is -0.799. The van der Waals surface area contributed by atoms with E-state index in [0.29, 0.717) is 24.5 Å². The highest BCUT2D eigenvalue weighted by molar-refractivity contribution is 8.13. The molecule has 1 aliphatic heterocycles. The summed E-state index contributed by atoms with van der Waals surface area (Å²) in [5, 5.41) is 26.2. The van der Waals surface area contributed by atoms with Crippen LogP contribution in [0.25, 0.3) is 11.2 Å². The Morgan fingerprint density at radius 2 is 1.75 bits per heavy atom. The summed E-state index contributed by atoms with van der Waals surface area (Å²) in [6.07, 6.45) is -2.64. The summed E-state index contributed by atoms with van der Waals surface area (Å²) in [6, 6.07) is 0. The molecule has 2 unspecified atom stereocenters. The molecule has 1 fully saturated rings. The van der Waals surface area contributed by atoms with Crippen molar-refractivity contribution in [2.24, 2.45) is 11.3 Å². The van der Waals surface area contributed by atoms with Gasteiger partial charge in [-0.1, -0.05) is 51.6 Å². The molecule has 7 atom stereocenters. The zero-order valence-electron chi connectivity index (χ0n) is 31.1. The maximum absolute atomic E-state index is 12.5. The lowest BCUT2D eigenvalue weighted by Gasteiger charge is -2.36. The highest BCUT2D eigenvalue weighted by atomic mass is 32.2. The normalized spacial score (nSPS) is 21.7. The van der Waals surface area contributed by atoms with E-state index >= 15 is 0 Å². The number of aliphatic hydroxyl groups excluding tert-OH is 2. The van der Waals surface area contributed by atoms with Gasteiger partial charge in [-0.25, -0.2) is 19.3 Å². The van der Waals surface area contributed by atoms with Crippen LogP contribution >= 0.6 is 35.2 Å². The molecular formula is C29H44N7O17P3S-4. The van der Waals surface area contributed by atoms with Crippen molar-refractivity contribution in [2.75, 3.05) is 37.8 Å². The van der Waals surface area contributed by atoms with Crippen LogP contribution in [0.3, 0.4) is 0 Å². The van der Waals surface area contributed by atoms with E-state index < -0.39 is 84.6 Å². The molecule has 0 radical (unpaired) electrons. The number of nitrogens with one attached hydrogen (secondary N) is 2. The Morgan fingerprint density at radius 1 is 1.07 bits per heavy atom. The monoisotopic (exact) mass is 887 g/mol. The molecule has 57 heavy (non-hydrogen) atoms. The van der Waals surface area contributed by atoms with Crippen LogP contribution in [0.15, 0.2) is 24.8 Å². The summed E-state index contributed by atoms with van der Waals surface area (Å²) < 4.78 is 60.5. The fraction of sp³-hybridized carbons (Fsp3) is 0.655. The number of fused-ring (bicyclic) bond motifs is 1. The lowest BCUT2D eigenvalue weighted by Crippen LogP contribution is -2.46. The SMILES string of the molecule is CC(C)/C=C/CCC(=O)SCCNC(=O)CCNC(=O)[C@H](O)C(C)(C)COP(=O)([O-])OP(=O)([O-])OC[C@H]1O[C@@H](n2cnc3c(N)ncnc32)[C@H](O)[C@@H]1OP(=O)([O-])[O-]. The van der Waals surface area contributed by atoms with Crippen molar-refractivity contribution in [3.63, 3.8) is 0 Å². The summed E-state index contributed by atoms with van der Waals surface area (Å²) in [4.78, 5) is 96.0. The number of hydrogen-bond acceptors (Lipinski definition) is 22. The molecule has 24 nitrogen and oxygen atoms in total. The van der Waals surface area contributed by atoms with Crippen LogP contribution in [-0.4, -0.2) is 103 Å². The van der Waals surface area contributed by atoms with Crippen molar-refractivity contribution in [1.82, 2.24) is 30.2 Å². The van der Waals surface area contributed by atoms with Crippen molar-refractivity contribution in [3.8, 4) is 0 Å². The molecule has 1 saturated heterocycles. The molecule has 0 aromatic carbocycles. The molecule has 0 saturated carbocycles. The number of rotatable bonds is 23. The molecule has 3 heterocycles. The van der Waals surface area contributed by atoms with Gasteiger partial charge in [0.1, 0.15) is 36.3 Å². The first-order valence-electron chi connectivity index (χ1n) is 17.1. The highest BCUT2D eigenvalue weighted by Crippen LogP contribution is 2.56. The quantitative estimate of drug-likeness (QED) is 0.0463. The predicted molar refractivity (Wildman–Crippen MR) is 191 cm³/mol. The topological polar surface area (TPSA) is 375 Å². The van der Waals surface area contributed by atoms with Crippen LogP contribution in [0.5, 0.6) is 0 Å². The Labute approximate surface area is 330 Å². The molecule has 3 rings (SSSR count). The van der Waals surface area contributed by atoms with Gasteiger partial charge in [0.2, 0.25) is 11.8 Å². The number of carbonyl (C=O) groups is 3. The molecule has 2 amide bonds. The van der Waals surface area contributed by atoms with Gasteiger partial charge in [0, 0.05) is 37.1 Å². The molecule has 6 N–H and O–H groups in total. The number of carbonyl (C=O) groups excluding carboxylic acids is 3. The van der Waals surface area contributed by atoms with Crippen molar-refractivity contribution < 1.29 is 80.5 Å². The van der Waals surface area contributed by atoms with Crippen LogP contribution in [0.4, 0.5) is 5.82 Å². The number of ether oxygens (including phenoxy) is 1. The lowest BCUT2D eigenvalue weighted by atomic mass is 9.87. The zero-order chi connectivity index (χ0) is 42.8. The minimum Gasteiger partial charge on any atom is -0.790 e. The number of amides is 2. The van der Waals surface area contributed by atoms with Crippen LogP contribution in [0, 0.1) is 11.3 Å². The number of aliphatic hydroxyl groups is 2. The second kappa shape index (κ2) is 21.0. The summed E-state index contributed by atoms with van der Waals surface area (Å²) >= 11 is 1.08. The smallest absolute Gasteiger partial charge is 0.274 e. The average Bonchev–Trinajstić information content (AvgIpc) is 3.66. The van der Waals surface area contributed by atoms with Crippen LogP contribution in [0.1, 0.15) is 53.2 Å². The Bertz CT molecular complexity index is 1880. The van der Waals surface area contributed by atoms with E-state index in [-0.39, 0.29) is 41.6 Å². The Morgan fingerprint density at radius 3 is 2.42 bits per heavy atom. The van der Waals surface area contributed by atoms with Gasteiger partial charge < -0.3 is 69.0 Å². The number of nitrogens with two attached hydrogens (primary N) is 1. The van der Waals surface area contributed by atoms with Crippen LogP contribution < -0.4 is 35.9 Å². The molecule has 1 aliphatic rings.